The molecule has 0 radical (unpaired) electrons. The molecule has 21 heavy (non-hydrogen) atoms. The average Bonchev–Trinajstić information content (AvgIpc) is 3.01. The second-order valence-corrected chi connectivity index (χ2v) is 6.29. The van der Waals surface area contributed by atoms with Crippen LogP contribution in [0.1, 0.15) is 6.42 Å². The second-order valence-electron chi connectivity index (χ2n) is 5.27. The van der Waals surface area contributed by atoms with E-state index in [2.05, 4.69) is 5.32 Å². The molecule has 0 bridgehead atoms. The number of carbonyl (C=O) groups excluding carboxylic acids is 2. The first-order valence-corrected chi connectivity index (χ1v) is 8.09. The zero-order chi connectivity index (χ0) is 14.7. The molecule has 2 amide bonds. The lowest BCUT2D eigenvalue weighted by Gasteiger charge is -2.28. The Bertz CT molecular complexity index is 543. The highest BCUT2D eigenvalue weighted by Gasteiger charge is 2.26. The maximum Gasteiger partial charge on any atom is 0.240 e. The van der Waals surface area contributed by atoms with Gasteiger partial charge in [-0.2, -0.15) is 0 Å². The number of rotatable bonds is 4. The predicted octanol–water partition coefficient (Wildman–Crippen LogP) is 1.28. The number of benzene rings is 1. The van der Waals surface area contributed by atoms with Crippen LogP contribution >= 0.6 is 11.8 Å². The van der Waals surface area contributed by atoms with Gasteiger partial charge < -0.3 is 15.0 Å². The van der Waals surface area contributed by atoms with Gasteiger partial charge in [-0.3, -0.25) is 9.59 Å². The van der Waals surface area contributed by atoms with E-state index in [1.165, 1.54) is 11.8 Å². The van der Waals surface area contributed by atoms with Crippen LogP contribution in [-0.4, -0.2) is 43.9 Å². The van der Waals surface area contributed by atoms with Gasteiger partial charge in [-0.1, -0.05) is 12.1 Å². The molecule has 0 unspecified atom stereocenters. The topological polar surface area (TPSA) is 58.6 Å². The van der Waals surface area contributed by atoms with Crippen LogP contribution in [0.15, 0.2) is 29.2 Å². The minimum Gasteiger partial charge on any atom is -0.381 e. The summed E-state index contributed by atoms with van der Waals surface area (Å²) in [7, 11) is 0. The number of amides is 2. The van der Waals surface area contributed by atoms with Gasteiger partial charge in [0, 0.05) is 24.0 Å². The number of thioether (sulfide) groups is 1. The Morgan fingerprint density at radius 3 is 3.10 bits per heavy atom. The summed E-state index contributed by atoms with van der Waals surface area (Å²) in [5.74, 6) is 0.657. The van der Waals surface area contributed by atoms with Crippen molar-refractivity contribution in [2.45, 2.75) is 11.3 Å². The van der Waals surface area contributed by atoms with E-state index >= 15 is 0 Å². The first-order valence-electron chi connectivity index (χ1n) is 7.10. The molecule has 3 rings (SSSR count). The number of para-hydroxylation sites is 1. The molecule has 1 N–H and O–H groups in total. The maximum atomic E-state index is 12.1. The van der Waals surface area contributed by atoms with Gasteiger partial charge in [0.2, 0.25) is 11.8 Å². The molecule has 1 saturated heterocycles. The van der Waals surface area contributed by atoms with Crippen LogP contribution in [0.4, 0.5) is 5.69 Å². The van der Waals surface area contributed by atoms with E-state index < -0.39 is 0 Å². The first-order chi connectivity index (χ1) is 10.2. The molecule has 0 aliphatic carbocycles. The van der Waals surface area contributed by atoms with Gasteiger partial charge in [-0.15, -0.1) is 11.8 Å². The van der Waals surface area contributed by atoms with Crippen LogP contribution in [0.2, 0.25) is 0 Å². The number of fused-ring (bicyclic) bond motifs is 1. The third kappa shape index (κ3) is 3.39. The number of hydrogen-bond acceptors (Lipinski definition) is 4. The van der Waals surface area contributed by atoms with E-state index in [9.17, 15) is 9.59 Å². The molecular weight excluding hydrogens is 288 g/mol. The molecular formula is C15H18N2O3S. The normalized spacial score (nSPS) is 21.2. The summed E-state index contributed by atoms with van der Waals surface area (Å²) in [6.07, 6.45) is 0.988. The fourth-order valence-corrected chi connectivity index (χ4v) is 3.47. The van der Waals surface area contributed by atoms with E-state index in [1.807, 2.05) is 24.3 Å². The Balaban J connectivity index is 1.60. The van der Waals surface area contributed by atoms with Crippen molar-refractivity contribution in [3.05, 3.63) is 24.3 Å². The Morgan fingerprint density at radius 2 is 2.29 bits per heavy atom. The van der Waals surface area contributed by atoms with E-state index in [4.69, 9.17) is 4.74 Å². The minimum absolute atomic E-state index is 0.0157. The molecule has 2 aliphatic rings. The molecule has 1 aromatic carbocycles. The van der Waals surface area contributed by atoms with Crippen molar-refractivity contribution in [3.8, 4) is 0 Å². The van der Waals surface area contributed by atoms with E-state index in [0.717, 1.165) is 23.6 Å². The van der Waals surface area contributed by atoms with Gasteiger partial charge in [-0.25, -0.2) is 0 Å². The van der Waals surface area contributed by atoms with Gasteiger partial charge in [0.1, 0.15) is 6.54 Å². The van der Waals surface area contributed by atoms with Crippen LogP contribution in [0.3, 0.4) is 0 Å². The largest absolute Gasteiger partial charge is 0.381 e. The standard InChI is InChI=1S/C15H18N2O3S/c18-14(16-7-11-5-6-20-9-11)8-17-12-3-1-2-4-13(12)21-10-15(17)19/h1-4,11H,5-10H2,(H,16,18)/t11-/m1/s1. The Morgan fingerprint density at radius 1 is 1.43 bits per heavy atom. The van der Waals surface area contributed by atoms with Gasteiger partial charge in [0.15, 0.2) is 0 Å². The summed E-state index contributed by atoms with van der Waals surface area (Å²) in [4.78, 5) is 26.8. The van der Waals surface area contributed by atoms with Gasteiger partial charge in [0.05, 0.1) is 18.0 Å². The molecule has 6 heteroatoms. The summed E-state index contributed by atoms with van der Waals surface area (Å²) in [6, 6.07) is 7.70. The van der Waals surface area contributed by atoms with Crippen LogP contribution in [-0.2, 0) is 14.3 Å². The quantitative estimate of drug-likeness (QED) is 0.910. The third-order valence-electron chi connectivity index (χ3n) is 3.72. The lowest BCUT2D eigenvalue weighted by Crippen LogP contribution is -2.44. The first kappa shape index (κ1) is 14.4. The zero-order valence-corrected chi connectivity index (χ0v) is 12.5. The fourth-order valence-electron chi connectivity index (χ4n) is 2.53. The number of nitrogens with zero attached hydrogens (tertiary/aromatic N) is 1. The minimum atomic E-state index is -0.114. The number of carbonyl (C=O) groups is 2. The van der Waals surface area contributed by atoms with Crippen molar-refractivity contribution in [2.24, 2.45) is 5.92 Å². The monoisotopic (exact) mass is 306 g/mol. The van der Waals surface area contributed by atoms with Gasteiger partial charge in [-0.05, 0) is 18.6 Å². The number of hydrogen-bond donors (Lipinski definition) is 1. The second kappa shape index (κ2) is 6.49. The van der Waals surface area contributed by atoms with Crippen molar-refractivity contribution in [2.75, 3.05) is 37.0 Å². The Hall–Kier alpha value is -1.53. The van der Waals surface area contributed by atoms with Crippen LogP contribution in [0.25, 0.3) is 0 Å². The van der Waals surface area contributed by atoms with Crippen LogP contribution < -0.4 is 10.2 Å². The molecule has 1 aromatic rings. The molecule has 5 nitrogen and oxygen atoms in total. The SMILES string of the molecule is O=C(CN1C(=O)CSc2ccccc21)NC[C@H]1CCOC1. The molecule has 0 aromatic heterocycles. The molecule has 1 atom stereocenters. The van der Waals surface area contributed by atoms with E-state index in [1.54, 1.807) is 4.90 Å². The van der Waals surface area contributed by atoms with Crippen LogP contribution in [0.5, 0.6) is 0 Å². The van der Waals surface area contributed by atoms with E-state index in [0.29, 0.717) is 24.8 Å². The lowest BCUT2D eigenvalue weighted by atomic mass is 10.1. The zero-order valence-electron chi connectivity index (χ0n) is 11.7. The number of nitrogens with one attached hydrogen (secondary N) is 1. The van der Waals surface area contributed by atoms with Crippen molar-refractivity contribution in [1.29, 1.82) is 0 Å². The Kier molecular flexibility index (Phi) is 4.45. The summed E-state index contributed by atoms with van der Waals surface area (Å²) in [5, 5.41) is 2.90. The van der Waals surface area contributed by atoms with Crippen molar-refractivity contribution in [1.82, 2.24) is 5.32 Å². The van der Waals surface area contributed by atoms with Crippen molar-refractivity contribution < 1.29 is 14.3 Å². The van der Waals surface area contributed by atoms with Crippen LogP contribution in [0, 0.1) is 5.92 Å². The highest BCUT2D eigenvalue weighted by Crippen LogP contribution is 2.34. The van der Waals surface area contributed by atoms with Crippen molar-refractivity contribution in [3.63, 3.8) is 0 Å². The highest BCUT2D eigenvalue weighted by atomic mass is 32.2. The molecule has 112 valence electrons. The fraction of sp³-hybridized carbons (Fsp3) is 0.467. The molecule has 0 spiro atoms. The summed E-state index contributed by atoms with van der Waals surface area (Å²) in [5.41, 5.74) is 0.832. The molecule has 2 aliphatic heterocycles. The summed E-state index contributed by atoms with van der Waals surface area (Å²) in [6.45, 7) is 2.19. The van der Waals surface area contributed by atoms with E-state index in [-0.39, 0.29) is 18.4 Å². The number of anilines is 1. The number of ether oxygens (including phenoxy) is 1. The summed E-state index contributed by atoms with van der Waals surface area (Å²) >= 11 is 1.52. The third-order valence-corrected chi connectivity index (χ3v) is 4.77. The molecule has 1 fully saturated rings. The Labute approximate surface area is 128 Å². The lowest BCUT2D eigenvalue weighted by molar-refractivity contribution is -0.123. The smallest absolute Gasteiger partial charge is 0.240 e. The van der Waals surface area contributed by atoms with Gasteiger partial charge >= 0.3 is 0 Å². The average molecular weight is 306 g/mol. The van der Waals surface area contributed by atoms with Gasteiger partial charge in [0.25, 0.3) is 0 Å². The predicted molar refractivity (Wildman–Crippen MR) is 81.5 cm³/mol. The highest BCUT2D eigenvalue weighted by molar-refractivity contribution is 8.00. The van der Waals surface area contributed by atoms with Crippen molar-refractivity contribution >= 4 is 29.3 Å². The maximum absolute atomic E-state index is 12.1. The summed E-state index contributed by atoms with van der Waals surface area (Å²) < 4.78 is 5.28. The molecule has 2 heterocycles. The molecule has 0 saturated carbocycles.